The number of nitrogens with two attached hydrogens (primary N) is 1. The molecule has 0 saturated heterocycles. The highest BCUT2D eigenvalue weighted by atomic mass is 16.7. The molecule has 0 unspecified atom stereocenters. The Morgan fingerprint density at radius 2 is 2.00 bits per heavy atom. The Morgan fingerprint density at radius 1 is 1.34 bits per heavy atom. The van der Waals surface area contributed by atoms with Gasteiger partial charge in [0.05, 0.1) is 5.94 Å². The first-order valence-corrected chi connectivity index (χ1v) is 9.03. The number of carbonyl (C=O) groups excluding carboxylic acids is 2. The summed E-state index contributed by atoms with van der Waals surface area (Å²) >= 11 is 0. The Bertz CT molecular complexity index is 625. The van der Waals surface area contributed by atoms with Crippen molar-refractivity contribution in [1.82, 2.24) is 16.1 Å². The second-order valence-corrected chi connectivity index (χ2v) is 6.59. The van der Waals surface area contributed by atoms with E-state index in [9.17, 15) is 29.8 Å². The number of nitro groups is 1. The van der Waals surface area contributed by atoms with E-state index < -0.39 is 35.9 Å². The van der Waals surface area contributed by atoms with Crippen LogP contribution in [0.3, 0.4) is 0 Å². The molecular formula is C16H29BN6O6. The average Bonchev–Trinajstić information content (AvgIpc) is 2.60. The first kappa shape index (κ1) is 26.1. The molecule has 0 saturated carbocycles. The summed E-state index contributed by atoms with van der Waals surface area (Å²) in [7, 11) is -1.75. The number of nitrogens with one attached hydrogen (secondary N) is 3. The molecule has 0 aliphatic heterocycles. The molecule has 0 aromatic heterocycles. The molecule has 0 heterocycles. The van der Waals surface area contributed by atoms with Gasteiger partial charge in [-0.1, -0.05) is 38.0 Å². The van der Waals surface area contributed by atoms with Crippen LogP contribution in [0.25, 0.3) is 0 Å². The highest BCUT2D eigenvalue weighted by Crippen LogP contribution is 2.07. The fraction of sp³-hybridized carbons (Fsp3) is 0.562. The first-order valence-electron chi connectivity index (χ1n) is 9.03. The van der Waals surface area contributed by atoms with E-state index in [2.05, 4.69) is 22.2 Å². The zero-order valence-electron chi connectivity index (χ0n) is 16.6. The van der Waals surface area contributed by atoms with Crippen LogP contribution < -0.4 is 21.8 Å². The van der Waals surface area contributed by atoms with Crippen LogP contribution in [0.15, 0.2) is 29.8 Å². The zero-order chi connectivity index (χ0) is 22.4. The van der Waals surface area contributed by atoms with Crippen molar-refractivity contribution in [3.8, 4) is 0 Å². The lowest BCUT2D eigenvalue weighted by Gasteiger charge is -2.23. The molecule has 0 aliphatic rings. The molecule has 0 aromatic rings. The maximum atomic E-state index is 12.6. The number of carbonyl (C=O) groups is 2. The van der Waals surface area contributed by atoms with Crippen molar-refractivity contribution in [3.63, 3.8) is 0 Å². The van der Waals surface area contributed by atoms with Gasteiger partial charge in [0.15, 0.2) is 5.03 Å². The van der Waals surface area contributed by atoms with E-state index in [0.29, 0.717) is 6.42 Å². The van der Waals surface area contributed by atoms with Crippen molar-refractivity contribution in [2.24, 2.45) is 16.6 Å². The number of aliphatic imine (C=N–C) groups is 1. The van der Waals surface area contributed by atoms with Crippen molar-refractivity contribution < 1.29 is 24.7 Å². The molecular weight excluding hydrogens is 383 g/mol. The van der Waals surface area contributed by atoms with Gasteiger partial charge in [0.2, 0.25) is 11.8 Å². The molecule has 0 rings (SSSR count). The van der Waals surface area contributed by atoms with Gasteiger partial charge >= 0.3 is 7.12 Å². The van der Waals surface area contributed by atoms with Crippen LogP contribution in [-0.2, 0) is 9.59 Å². The van der Waals surface area contributed by atoms with Crippen LogP contribution in [0.5, 0.6) is 0 Å². The third-order valence-corrected chi connectivity index (χ3v) is 3.57. The van der Waals surface area contributed by atoms with Gasteiger partial charge in [-0.15, -0.1) is 0 Å². The Morgan fingerprint density at radius 3 is 2.52 bits per heavy atom. The van der Waals surface area contributed by atoms with E-state index >= 15 is 0 Å². The topological polar surface area (TPSA) is 192 Å². The van der Waals surface area contributed by atoms with Gasteiger partial charge in [0.1, 0.15) is 6.04 Å². The molecule has 29 heavy (non-hydrogen) atoms. The Labute approximate surface area is 169 Å². The third kappa shape index (κ3) is 13.0. The summed E-state index contributed by atoms with van der Waals surface area (Å²) in [5, 5.41) is 33.4. The zero-order valence-corrected chi connectivity index (χ0v) is 16.6. The SMILES string of the molecule is C=CC=CC(=O)N[C@@H](CCCN=C(N)N[N+](=O)[O-])C(=O)N[C@@H](CC(C)C)B(O)O. The van der Waals surface area contributed by atoms with Crippen LogP contribution in [0, 0.1) is 16.0 Å². The Kier molecular flexibility index (Phi) is 12.7. The Balaban J connectivity index is 5.04. The minimum absolute atomic E-state index is 0.0763. The fourth-order valence-corrected chi connectivity index (χ4v) is 2.31. The molecule has 162 valence electrons. The maximum absolute atomic E-state index is 12.6. The molecule has 0 aromatic carbocycles. The van der Waals surface area contributed by atoms with E-state index in [1.54, 1.807) is 5.43 Å². The lowest BCUT2D eigenvalue weighted by atomic mass is 9.75. The highest BCUT2D eigenvalue weighted by Gasteiger charge is 2.29. The summed E-state index contributed by atoms with van der Waals surface area (Å²) in [6, 6.07) is -0.981. The van der Waals surface area contributed by atoms with E-state index in [4.69, 9.17) is 5.73 Å². The predicted molar refractivity (Wildman–Crippen MR) is 109 cm³/mol. The number of guanidine groups is 1. The monoisotopic (exact) mass is 412 g/mol. The minimum Gasteiger partial charge on any atom is -0.426 e. The quantitative estimate of drug-likeness (QED) is 0.0312. The molecule has 0 fully saturated rings. The number of rotatable bonds is 13. The number of allylic oxidation sites excluding steroid dienone is 2. The van der Waals surface area contributed by atoms with Gasteiger partial charge in [-0.25, -0.2) is 15.1 Å². The molecule has 2 amide bonds. The number of amides is 2. The minimum atomic E-state index is -1.75. The number of hydrogen-bond donors (Lipinski definition) is 6. The van der Waals surface area contributed by atoms with Crippen molar-refractivity contribution in [1.29, 1.82) is 0 Å². The van der Waals surface area contributed by atoms with Crippen LogP contribution in [0.1, 0.15) is 33.1 Å². The van der Waals surface area contributed by atoms with E-state index in [1.807, 2.05) is 13.8 Å². The third-order valence-electron chi connectivity index (χ3n) is 3.57. The summed E-state index contributed by atoms with van der Waals surface area (Å²) in [6.45, 7) is 7.25. The second kappa shape index (κ2) is 14.1. The summed E-state index contributed by atoms with van der Waals surface area (Å²) in [5.41, 5.74) is 7.00. The second-order valence-electron chi connectivity index (χ2n) is 6.59. The van der Waals surface area contributed by atoms with Gasteiger partial charge in [-0.3, -0.25) is 9.59 Å². The molecule has 13 heteroatoms. The largest absolute Gasteiger partial charge is 0.475 e. The molecule has 0 spiro atoms. The maximum Gasteiger partial charge on any atom is 0.475 e. The smallest absolute Gasteiger partial charge is 0.426 e. The molecule has 0 aliphatic carbocycles. The molecule has 7 N–H and O–H groups in total. The standard InChI is InChI=1S/C16H29BN6O6/c1-4-5-8-14(24)20-12(7-6-9-19-16(18)22-23(28)29)15(25)21-13(17(26)27)10-11(2)3/h4-5,8,11-13,26-27H,1,6-7,9-10H2,2-3H3,(H,20,24)(H,21,25)(H3,18,19,22)/t12-,13-/m0/s1. The van der Waals surface area contributed by atoms with Gasteiger partial charge in [-0.05, 0) is 25.2 Å². The predicted octanol–water partition coefficient (Wildman–Crippen LogP) is -1.37. The molecule has 0 radical (unpaired) electrons. The van der Waals surface area contributed by atoms with E-state index in [-0.39, 0.29) is 31.3 Å². The van der Waals surface area contributed by atoms with Gasteiger partial charge in [0.25, 0.3) is 5.96 Å². The molecule has 2 atom stereocenters. The van der Waals surface area contributed by atoms with Crippen LogP contribution in [0.2, 0.25) is 0 Å². The van der Waals surface area contributed by atoms with Gasteiger partial charge in [-0.2, -0.15) is 0 Å². The van der Waals surface area contributed by atoms with Crippen LogP contribution in [-0.4, -0.2) is 58.5 Å². The van der Waals surface area contributed by atoms with Crippen molar-refractivity contribution in [2.45, 2.75) is 45.1 Å². The fourth-order valence-electron chi connectivity index (χ4n) is 2.31. The van der Waals surface area contributed by atoms with E-state index in [0.717, 1.165) is 0 Å². The van der Waals surface area contributed by atoms with Gasteiger partial charge in [0, 0.05) is 12.6 Å². The van der Waals surface area contributed by atoms with Crippen molar-refractivity contribution in [2.75, 3.05) is 6.54 Å². The normalized spacial score (nSPS) is 13.6. The highest BCUT2D eigenvalue weighted by molar-refractivity contribution is 6.43. The summed E-state index contributed by atoms with van der Waals surface area (Å²) in [6.07, 6.45) is 4.74. The van der Waals surface area contributed by atoms with E-state index in [1.165, 1.54) is 18.2 Å². The van der Waals surface area contributed by atoms with Crippen molar-refractivity contribution >= 4 is 24.9 Å². The lowest BCUT2D eigenvalue weighted by molar-refractivity contribution is -0.525. The number of hydrogen-bond acceptors (Lipinski definition) is 7. The van der Waals surface area contributed by atoms with Crippen LogP contribution >= 0.6 is 0 Å². The summed E-state index contributed by atoms with van der Waals surface area (Å²) in [4.78, 5) is 38.5. The first-order chi connectivity index (χ1) is 13.6. The molecule has 0 bridgehead atoms. The average molecular weight is 412 g/mol. The Hall–Kier alpha value is -2.93. The lowest BCUT2D eigenvalue weighted by Crippen LogP contribution is -2.54. The van der Waals surface area contributed by atoms with Crippen molar-refractivity contribution in [3.05, 3.63) is 34.9 Å². The summed E-state index contributed by atoms with van der Waals surface area (Å²) in [5.74, 6) is -2.31. The summed E-state index contributed by atoms with van der Waals surface area (Å²) < 4.78 is 0. The van der Waals surface area contributed by atoms with Crippen LogP contribution in [0.4, 0.5) is 0 Å². The number of hydrazine groups is 1. The molecule has 12 nitrogen and oxygen atoms in total. The number of nitrogens with zero attached hydrogens (tertiary/aromatic N) is 2. The van der Waals surface area contributed by atoms with Gasteiger partial charge < -0.3 is 26.4 Å².